The third-order valence-corrected chi connectivity index (χ3v) is 3.56. The molecule has 1 unspecified atom stereocenters. The molecule has 1 aromatic heterocycles. The molecule has 0 saturated carbocycles. The zero-order valence-electron chi connectivity index (χ0n) is 10.6. The number of rotatable bonds is 4. The Labute approximate surface area is 111 Å². The third-order valence-electron chi connectivity index (χ3n) is 2.76. The molecule has 0 spiro atoms. The molecular weight excluding hydrogens is 288 g/mol. The Bertz CT molecular complexity index is 369. The third kappa shape index (κ3) is 3.49. The van der Waals surface area contributed by atoms with Gasteiger partial charge in [-0.05, 0) is 25.2 Å². The molecule has 0 N–H and O–H groups in total. The first-order valence-electron chi connectivity index (χ1n) is 5.55. The second-order valence-electron chi connectivity index (χ2n) is 5.30. The summed E-state index contributed by atoms with van der Waals surface area (Å²) >= 11 is 9.86. The second-order valence-corrected chi connectivity index (χ2v) is 7.23. The normalized spacial score (nSPS) is 14.2. The molecule has 0 aliphatic heterocycles. The van der Waals surface area contributed by atoms with Crippen molar-refractivity contribution in [2.75, 3.05) is 0 Å². The van der Waals surface area contributed by atoms with Crippen molar-refractivity contribution < 1.29 is 0 Å². The van der Waals surface area contributed by atoms with Gasteiger partial charge in [-0.25, -0.2) is 0 Å². The molecule has 0 aliphatic rings. The van der Waals surface area contributed by atoms with Gasteiger partial charge in [0.15, 0.2) is 0 Å². The number of aryl methyl sites for hydroxylation is 2. The minimum absolute atomic E-state index is 0.236. The maximum atomic E-state index is 6.25. The van der Waals surface area contributed by atoms with Crippen LogP contribution in [-0.2, 0) is 13.5 Å². The number of aromatic nitrogens is 2. The number of halogens is 2. The zero-order valence-corrected chi connectivity index (χ0v) is 13.0. The lowest BCUT2D eigenvalue weighted by molar-refractivity contribution is 0.334. The molecule has 4 heteroatoms. The largest absolute Gasteiger partial charge is 0.257 e. The molecule has 0 aliphatic carbocycles. The Morgan fingerprint density at radius 2 is 2.06 bits per heavy atom. The average molecular weight is 308 g/mol. The predicted molar refractivity (Wildman–Crippen MR) is 73.4 cm³/mol. The van der Waals surface area contributed by atoms with E-state index in [4.69, 9.17) is 11.6 Å². The fourth-order valence-corrected chi connectivity index (χ4v) is 3.30. The van der Waals surface area contributed by atoms with Crippen molar-refractivity contribution >= 4 is 27.5 Å². The standard InChI is InChI=1S/C12H20BrClN2/c1-8(13)6-12(3,4)7-10-9(2)15-16(5)11(10)14/h8H,6-7H2,1-5H3. The highest BCUT2D eigenvalue weighted by molar-refractivity contribution is 9.09. The minimum atomic E-state index is 0.236. The molecule has 16 heavy (non-hydrogen) atoms. The van der Waals surface area contributed by atoms with E-state index in [0.29, 0.717) is 4.83 Å². The van der Waals surface area contributed by atoms with Gasteiger partial charge in [0.25, 0.3) is 0 Å². The van der Waals surface area contributed by atoms with Crippen LogP contribution < -0.4 is 0 Å². The van der Waals surface area contributed by atoms with Crippen LogP contribution >= 0.6 is 27.5 Å². The van der Waals surface area contributed by atoms with Crippen LogP contribution in [0.15, 0.2) is 0 Å². The number of hydrogen-bond acceptors (Lipinski definition) is 1. The van der Waals surface area contributed by atoms with E-state index in [9.17, 15) is 0 Å². The van der Waals surface area contributed by atoms with E-state index < -0.39 is 0 Å². The van der Waals surface area contributed by atoms with E-state index >= 15 is 0 Å². The van der Waals surface area contributed by atoms with Crippen LogP contribution in [0.1, 0.15) is 38.4 Å². The minimum Gasteiger partial charge on any atom is -0.257 e. The van der Waals surface area contributed by atoms with Gasteiger partial charge < -0.3 is 0 Å². The summed E-state index contributed by atoms with van der Waals surface area (Å²) in [4.78, 5) is 0.526. The van der Waals surface area contributed by atoms with Gasteiger partial charge in [0, 0.05) is 17.4 Å². The maximum absolute atomic E-state index is 6.25. The molecule has 1 heterocycles. The van der Waals surface area contributed by atoms with Crippen LogP contribution in [0.25, 0.3) is 0 Å². The van der Waals surface area contributed by atoms with Crippen LogP contribution in [0.5, 0.6) is 0 Å². The van der Waals surface area contributed by atoms with E-state index in [-0.39, 0.29) is 5.41 Å². The molecule has 0 saturated heterocycles. The lowest BCUT2D eigenvalue weighted by Crippen LogP contribution is -2.19. The Morgan fingerprint density at radius 3 is 2.44 bits per heavy atom. The van der Waals surface area contributed by atoms with E-state index in [1.54, 1.807) is 4.68 Å². The van der Waals surface area contributed by atoms with Gasteiger partial charge in [0.1, 0.15) is 5.15 Å². The summed E-state index contributed by atoms with van der Waals surface area (Å²) in [5, 5.41) is 5.12. The molecule has 0 aromatic carbocycles. The second kappa shape index (κ2) is 5.09. The maximum Gasteiger partial charge on any atom is 0.130 e. The highest BCUT2D eigenvalue weighted by Gasteiger charge is 2.24. The molecule has 1 rings (SSSR count). The number of alkyl halides is 1. The predicted octanol–water partition coefficient (Wildman–Crippen LogP) is 4.12. The Morgan fingerprint density at radius 1 is 1.50 bits per heavy atom. The van der Waals surface area contributed by atoms with Gasteiger partial charge in [-0.3, -0.25) is 4.68 Å². The van der Waals surface area contributed by atoms with Crippen LogP contribution in [-0.4, -0.2) is 14.6 Å². The van der Waals surface area contributed by atoms with Crippen molar-refractivity contribution in [2.45, 2.75) is 45.4 Å². The van der Waals surface area contributed by atoms with Gasteiger partial charge >= 0.3 is 0 Å². The lowest BCUT2D eigenvalue weighted by Gasteiger charge is -2.26. The first-order chi connectivity index (χ1) is 7.23. The molecule has 0 radical (unpaired) electrons. The molecule has 1 atom stereocenters. The monoisotopic (exact) mass is 306 g/mol. The highest BCUT2D eigenvalue weighted by atomic mass is 79.9. The highest BCUT2D eigenvalue weighted by Crippen LogP contribution is 2.33. The summed E-state index contributed by atoms with van der Waals surface area (Å²) < 4.78 is 1.75. The fourth-order valence-electron chi connectivity index (χ4n) is 2.19. The van der Waals surface area contributed by atoms with E-state index in [2.05, 4.69) is 41.8 Å². The smallest absolute Gasteiger partial charge is 0.130 e. The van der Waals surface area contributed by atoms with E-state index in [1.165, 1.54) is 5.56 Å². The summed E-state index contributed by atoms with van der Waals surface area (Å²) in [5.74, 6) is 0. The molecule has 1 aromatic rings. The van der Waals surface area contributed by atoms with Gasteiger partial charge in [-0.1, -0.05) is 48.3 Å². The summed E-state index contributed by atoms with van der Waals surface area (Å²) in [5.41, 5.74) is 2.46. The number of nitrogens with zero attached hydrogens (tertiary/aromatic N) is 2. The van der Waals surface area contributed by atoms with Crippen molar-refractivity contribution in [2.24, 2.45) is 12.5 Å². The quantitative estimate of drug-likeness (QED) is 0.765. The first kappa shape index (κ1) is 14.0. The van der Waals surface area contributed by atoms with Crippen LogP contribution in [0.3, 0.4) is 0 Å². The lowest BCUT2D eigenvalue weighted by atomic mass is 9.82. The summed E-state index contributed by atoms with van der Waals surface area (Å²) in [7, 11) is 1.89. The van der Waals surface area contributed by atoms with Crippen LogP contribution in [0, 0.1) is 12.3 Å². The topological polar surface area (TPSA) is 17.8 Å². The van der Waals surface area contributed by atoms with Gasteiger partial charge in [0.2, 0.25) is 0 Å². The molecule has 92 valence electrons. The molecular formula is C12H20BrClN2. The van der Waals surface area contributed by atoms with Crippen LogP contribution in [0.2, 0.25) is 5.15 Å². The molecule has 0 amide bonds. The SMILES string of the molecule is Cc1nn(C)c(Cl)c1CC(C)(C)CC(C)Br. The zero-order chi connectivity index (χ0) is 12.5. The average Bonchev–Trinajstić information content (AvgIpc) is 2.29. The van der Waals surface area contributed by atoms with Gasteiger partial charge in [0.05, 0.1) is 5.69 Å². The summed E-state index contributed by atoms with van der Waals surface area (Å²) in [6, 6.07) is 0. The van der Waals surface area contributed by atoms with E-state index in [1.807, 2.05) is 14.0 Å². The van der Waals surface area contributed by atoms with Crippen molar-refractivity contribution in [1.82, 2.24) is 9.78 Å². The van der Waals surface area contributed by atoms with Gasteiger partial charge in [-0.2, -0.15) is 5.10 Å². The molecule has 2 nitrogen and oxygen atoms in total. The molecule has 0 bridgehead atoms. The Hall–Kier alpha value is -0.0200. The van der Waals surface area contributed by atoms with Gasteiger partial charge in [-0.15, -0.1) is 0 Å². The Balaban J connectivity index is 2.87. The summed E-state index contributed by atoms with van der Waals surface area (Å²) in [6.07, 6.45) is 2.10. The van der Waals surface area contributed by atoms with Crippen molar-refractivity contribution in [3.8, 4) is 0 Å². The van der Waals surface area contributed by atoms with Crippen molar-refractivity contribution in [3.63, 3.8) is 0 Å². The van der Waals surface area contributed by atoms with Crippen LogP contribution in [0.4, 0.5) is 0 Å². The summed E-state index contributed by atoms with van der Waals surface area (Å²) in [6.45, 7) is 8.75. The van der Waals surface area contributed by atoms with E-state index in [0.717, 1.165) is 23.7 Å². The number of hydrogen-bond donors (Lipinski definition) is 0. The fraction of sp³-hybridized carbons (Fsp3) is 0.750. The van der Waals surface area contributed by atoms with Crippen molar-refractivity contribution in [1.29, 1.82) is 0 Å². The van der Waals surface area contributed by atoms with Crippen molar-refractivity contribution in [3.05, 3.63) is 16.4 Å². The molecule has 0 fully saturated rings. The Kier molecular flexibility index (Phi) is 4.47. The first-order valence-corrected chi connectivity index (χ1v) is 6.84.